The minimum Gasteiger partial charge on any atom is -0.478 e. The van der Waals surface area contributed by atoms with Crippen molar-refractivity contribution in [2.24, 2.45) is 0 Å². The molecule has 2 aromatic carbocycles. The molecule has 0 spiro atoms. The molecule has 0 aliphatic carbocycles. The van der Waals surface area contributed by atoms with Gasteiger partial charge in [0.1, 0.15) is 0 Å². The highest BCUT2D eigenvalue weighted by atomic mass is 32.2. The van der Waals surface area contributed by atoms with Crippen LogP contribution in [0.25, 0.3) is 6.08 Å². The first-order valence-electron chi connectivity index (χ1n) is 7.57. The summed E-state index contributed by atoms with van der Waals surface area (Å²) in [6.45, 7) is 3.98. The van der Waals surface area contributed by atoms with Gasteiger partial charge in [0, 0.05) is 15.9 Å². The van der Waals surface area contributed by atoms with Gasteiger partial charge < -0.3 is 5.11 Å². The lowest BCUT2D eigenvalue weighted by atomic mass is 10.0. The summed E-state index contributed by atoms with van der Waals surface area (Å²) in [7, 11) is 0. The normalized spacial score (nSPS) is 12.1. The fourth-order valence-corrected chi connectivity index (χ4v) is 3.52. The zero-order chi connectivity index (χ0) is 18.6. The average Bonchev–Trinajstić information content (AvgIpc) is 2.53. The van der Waals surface area contributed by atoms with Gasteiger partial charge in [-0.1, -0.05) is 49.9 Å². The van der Waals surface area contributed by atoms with E-state index in [1.807, 2.05) is 26.0 Å². The van der Waals surface area contributed by atoms with Crippen molar-refractivity contribution in [3.63, 3.8) is 0 Å². The molecule has 2 nitrogen and oxygen atoms in total. The molecule has 1 N–H and O–H groups in total. The smallest absolute Gasteiger partial charge is 0.417 e. The second-order valence-corrected chi connectivity index (χ2v) is 6.80. The number of hydrogen-bond acceptors (Lipinski definition) is 2. The van der Waals surface area contributed by atoms with Crippen LogP contribution in [0.5, 0.6) is 0 Å². The Kier molecular flexibility index (Phi) is 5.95. The van der Waals surface area contributed by atoms with E-state index >= 15 is 0 Å². The molecule has 0 aliphatic heterocycles. The number of carbonyl (C=O) groups is 1. The van der Waals surface area contributed by atoms with Crippen LogP contribution in [-0.4, -0.2) is 11.1 Å². The number of alkyl halides is 3. The summed E-state index contributed by atoms with van der Waals surface area (Å²) in [5.74, 6) is -1.02. The fraction of sp³-hybridized carbons (Fsp3) is 0.211. The van der Waals surface area contributed by atoms with E-state index in [0.29, 0.717) is 0 Å². The summed E-state index contributed by atoms with van der Waals surface area (Å²) >= 11 is 1.07. The van der Waals surface area contributed by atoms with Crippen molar-refractivity contribution in [2.75, 3.05) is 0 Å². The molecule has 0 radical (unpaired) electrons. The van der Waals surface area contributed by atoms with Crippen LogP contribution in [0.4, 0.5) is 13.2 Å². The standard InChI is InChI=1S/C19H17F3O2S/c1-12(2)14-5-3-4-6-16(14)25-17-9-7-13(8-10-18(23)24)11-15(17)19(20,21)22/h3-12H,1-2H3,(H,23,24)/b10-8+. The SMILES string of the molecule is CC(C)c1ccccc1Sc1ccc(/C=C/C(=O)O)cc1C(F)(F)F. The highest BCUT2D eigenvalue weighted by Gasteiger charge is 2.34. The van der Waals surface area contributed by atoms with Crippen molar-refractivity contribution in [3.05, 3.63) is 65.2 Å². The Bertz CT molecular complexity index is 795. The zero-order valence-corrected chi connectivity index (χ0v) is 14.5. The van der Waals surface area contributed by atoms with Crippen LogP contribution < -0.4 is 0 Å². The van der Waals surface area contributed by atoms with Crippen LogP contribution in [0, 0.1) is 0 Å². The van der Waals surface area contributed by atoms with Crippen LogP contribution in [0.2, 0.25) is 0 Å². The van der Waals surface area contributed by atoms with Crippen molar-refractivity contribution in [3.8, 4) is 0 Å². The first kappa shape index (κ1) is 19.1. The van der Waals surface area contributed by atoms with Crippen LogP contribution in [-0.2, 0) is 11.0 Å². The van der Waals surface area contributed by atoms with E-state index in [1.54, 1.807) is 12.1 Å². The number of hydrogen-bond donors (Lipinski definition) is 1. The van der Waals surface area contributed by atoms with E-state index in [4.69, 9.17) is 5.11 Å². The molecule has 0 aliphatic rings. The van der Waals surface area contributed by atoms with Gasteiger partial charge in [-0.15, -0.1) is 0 Å². The summed E-state index contributed by atoms with van der Waals surface area (Å²) < 4.78 is 40.3. The predicted octanol–water partition coefficient (Wildman–Crippen LogP) is 6.08. The molecule has 25 heavy (non-hydrogen) atoms. The van der Waals surface area contributed by atoms with E-state index in [9.17, 15) is 18.0 Å². The van der Waals surface area contributed by atoms with Gasteiger partial charge in [0.05, 0.1) is 5.56 Å². The Labute approximate surface area is 148 Å². The molecule has 0 heterocycles. The molecule has 0 aromatic heterocycles. The monoisotopic (exact) mass is 366 g/mol. The zero-order valence-electron chi connectivity index (χ0n) is 13.7. The van der Waals surface area contributed by atoms with Gasteiger partial charge in [-0.2, -0.15) is 13.2 Å². The van der Waals surface area contributed by atoms with E-state index < -0.39 is 17.7 Å². The molecule has 0 saturated heterocycles. The first-order chi connectivity index (χ1) is 11.7. The average molecular weight is 366 g/mol. The summed E-state index contributed by atoms with van der Waals surface area (Å²) in [5.41, 5.74) is 0.398. The number of carboxylic acids is 1. The van der Waals surface area contributed by atoms with Crippen molar-refractivity contribution in [1.29, 1.82) is 0 Å². The molecule has 0 atom stereocenters. The van der Waals surface area contributed by atoms with Crippen LogP contribution in [0.3, 0.4) is 0 Å². The summed E-state index contributed by atoms with van der Waals surface area (Å²) in [6.07, 6.45) is -2.56. The molecule has 6 heteroatoms. The van der Waals surface area contributed by atoms with Gasteiger partial charge in [0.15, 0.2) is 0 Å². The Hall–Kier alpha value is -2.21. The highest BCUT2D eigenvalue weighted by molar-refractivity contribution is 7.99. The minimum atomic E-state index is -4.53. The molecule has 0 bridgehead atoms. The summed E-state index contributed by atoms with van der Waals surface area (Å²) in [6, 6.07) is 11.2. The lowest BCUT2D eigenvalue weighted by Crippen LogP contribution is -2.07. The largest absolute Gasteiger partial charge is 0.478 e. The summed E-state index contributed by atoms with van der Waals surface area (Å²) in [5, 5.41) is 8.62. The van der Waals surface area contributed by atoms with Gasteiger partial charge in [-0.05, 0) is 41.3 Å². The van der Waals surface area contributed by atoms with Crippen molar-refractivity contribution >= 4 is 23.8 Å². The molecule has 132 valence electrons. The van der Waals surface area contributed by atoms with Crippen molar-refractivity contribution in [2.45, 2.75) is 35.7 Å². The van der Waals surface area contributed by atoms with Gasteiger partial charge in [0.2, 0.25) is 0 Å². The minimum absolute atomic E-state index is 0.0908. The van der Waals surface area contributed by atoms with E-state index in [1.165, 1.54) is 12.1 Å². The molecule has 2 rings (SSSR count). The molecular weight excluding hydrogens is 349 g/mol. The van der Waals surface area contributed by atoms with Crippen LogP contribution in [0.15, 0.2) is 58.3 Å². The van der Waals surface area contributed by atoms with Gasteiger partial charge in [0.25, 0.3) is 0 Å². The second-order valence-electron chi connectivity index (χ2n) is 5.72. The van der Waals surface area contributed by atoms with Crippen molar-refractivity contribution < 1.29 is 23.1 Å². The third kappa shape index (κ3) is 5.13. The number of carboxylic acid groups (broad SMARTS) is 1. The number of aliphatic carboxylic acids is 1. The van der Waals surface area contributed by atoms with Gasteiger partial charge in [-0.3, -0.25) is 0 Å². The maximum Gasteiger partial charge on any atom is 0.417 e. The predicted molar refractivity (Wildman–Crippen MR) is 92.8 cm³/mol. The van der Waals surface area contributed by atoms with Gasteiger partial charge in [-0.25, -0.2) is 4.79 Å². The lowest BCUT2D eigenvalue weighted by Gasteiger charge is -2.16. The Morgan fingerprint density at radius 2 is 1.80 bits per heavy atom. The maximum atomic E-state index is 13.4. The summed E-state index contributed by atoms with van der Waals surface area (Å²) in [4.78, 5) is 11.4. The molecular formula is C19H17F3O2S. The molecule has 0 fully saturated rings. The second kappa shape index (κ2) is 7.78. The fourth-order valence-electron chi connectivity index (χ4n) is 2.30. The Balaban J connectivity index is 2.46. The Morgan fingerprint density at radius 1 is 1.12 bits per heavy atom. The van der Waals surface area contributed by atoms with E-state index in [0.717, 1.165) is 40.4 Å². The van der Waals surface area contributed by atoms with Crippen LogP contribution in [0.1, 0.15) is 36.5 Å². The molecule has 0 unspecified atom stereocenters. The quantitative estimate of drug-likeness (QED) is 0.652. The lowest BCUT2D eigenvalue weighted by molar-refractivity contribution is -0.139. The molecule has 2 aromatic rings. The molecule has 0 saturated carbocycles. The number of rotatable bonds is 5. The maximum absolute atomic E-state index is 13.4. The Morgan fingerprint density at radius 3 is 2.40 bits per heavy atom. The van der Waals surface area contributed by atoms with Crippen molar-refractivity contribution in [1.82, 2.24) is 0 Å². The third-order valence-electron chi connectivity index (χ3n) is 3.49. The van der Waals surface area contributed by atoms with Gasteiger partial charge >= 0.3 is 12.1 Å². The molecule has 0 amide bonds. The van der Waals surface area contributed by atoms with E-state index in [-0.39, 0.29) is 16.4 Å². The number of halogens is 3. The third-order valence-corrected chi connectivity index (χ3v) is 4.66. The first-order valence-corrected chi connectivity index (χ1v) is 8.39. The number of benzene rings is 2. The van der Waals surface area contributed by atoms with E-state index in [2.05, 4.69) is 0 Å². The topological polar surface area (TPSA) is 37.3 Å². The highest BCUT2D eigenvalue weighted by Crippen LogP contribution is 2.42. The van der Waals surface area contributed by atoms with Crippen LogP contribution >= 0.6 is 11.8 Å².